The van der Waals surface area contributed by atoms with Crippen LogP contribution < -0.4 is 21.5 Å². The second-order valence-corrected chi connectivity index (χ2v) is 7.09. The van der Waals surface area contributed by atoms with Crippen molar-refractivity contribution in [1.29, 1.82) is 0 Å². The molecule has 132 valence electrons. The molecule has 4 heteroatoms. The van der Waals surface area contributed by atoms with Gasteiger partial charge in [0.2, 0.25) is 0 Å². The Morgan fingerprint density at radius 1 is 0.880 bits per heavy atom. The van der Waals surface area contributed by atoms with Gasteiger partial charge >= 0.3 is 0 Å². The lowest BCUT2D eigenvalue weighted by Gasteiger charge is -2.35. The lowest BCUT2D eigenvalue weighted by Crippen LogP contribution is -2.36. The minimum atomic E-state index is 0.305. The quantitative estimate of drug-likeness (QED) is 0.589. The Morgan fingerprint density at radius 2 is 1.52 bits per heavy atom. The fourth-order valence-corrected chi connectivity index (χ4v) is 3.42. The van der Waals surface area contributed by atoms with Gasteiger partial charge in [-0.05, 0) is 39.3 Å². The Labute approximate surface area is 150 Å². The molecular formula is C21H28N4. The monoisotopic (exact) mass is 336 g/mol. The zero-order valence-corrected chi connectivity index (χ0v) is 15.5. The molecule has 1 aliphatic rings. The molecule has 0 saturated heterocycles. The predicted molar refractivity (Wildman–Crippen MR) is 107 cm³/mol. The molecule has 0 saturated carbocycles. The Bertz CT molecular complexity index is 777. The van der Waals surface area contributed by atoms with Crippen molar-refractivity contribution in [3.63, 3.8) is 0 Å². The topological polar surface area (TPSA) is 53.3 Å². The van der Waals surface area contributed by atoms with Crippen LogP contribution in [0.25, 0.3) is 11.4 Å². The van der Waals surface area contributed by atoms with E-state index < -0.39 is 0 Å². The van der Waals surface area contributed by atoms with E-state index in [1.54, 1.807) is 0 Å². The van der Waals surface area contributed by atoms with Crippen LogP contribution in [0, 0.1) is 0 Å². The SMILES string of the molecule is CC(C)N/C1=C(\NN)c2ccccc2N(C(C)C)Cc2ccccc21. The van der Waals surface area contributed by atoms with E-state index in [4.69, 9.17) is 5.84 Å². The Morgan fingerprint density at radius 3 is 2.16 bits per heavy atom. The fourth-order valence-electron chi connectivity index (χ4n) is 3.42. The molecule has 0 unspecified atom stereocenters. The van der Waals surface area contributed by atoms with Gasteiger partial charge in [-0.15, -0.1) is 0 Å². The highest BCUT2D eigenvalue weighted by molar-refractivity contribution is 5.94. The molecule has 0 spiro atoms. The first kappa shape index (κ1) is 17.4. The van der Waals surface area contributed by atoms with Crippen LogP contribution in [0.4, 0.5) is 5.69 Å². The molecular weight excluding hydrogens is 308 g/mol. The van der Waals surface area contributed by atoms with E-state index in [0.717, 1.165) is 23.5 Å². The lowest BCUT2D eigenvalue weighted by atomic mass is 9.95. The summed E-state index contributed by atoms with van der Waals surface area (Å²) in [7, 11) is 0. The number of hydrogen-bond acceptors (Lipinski definition) is 4. The van der Waals surface area contributed by atoms with E-state index in [9.17, 15) is 0 Å². The van der Waals surface area contributed by atoms with Crippen LogP contribution in [0.1, 0.15) is 44.4 Å². The second-order valence-electron chi connectivity index (χ2n) is 7.09. The van der Waals surface area contributed by atoms with Crippen LogP contribution >= 0.6 is 0 Å². The van der Waals surface area contributed by atoms with Crippen molar-refractivity contribution in [1.82, 2.24) is 10.7 Å². The number of rotatable bonds is 4. The second kappa shape index (κ2) is 7.19. The average molecular weight is 336 g/mol. The first-order valence-corrected chi connectivity index (χ1v) is 8.94. The first-order valence-electron chi connectivity index (χ1n) is 8.94. The van der Waals surface area contributed by atoms with Crippen LogP contribution in [0.15, 0.2) is 48.5 Å². The Hall–Kier alpha value is -2.46. The van der Waals surface area contributed by atoms with Crippen molar-refractivity contribution < 1.29 is 0 Å². The van der Waals surface area contributed by atoms with Crippen molar-refractivity contribution in [3.05, 3.63) is 65.2 Å². The summed E-state index contributed by atoms with van der Waals surface area (Å²) >= 11 is 0. The standard InChI is InChI=1S/C21H28N4/c1-14(2)23-20-17-10-6-5-9-16(17)13-25(15(3)4)19-12-8-7-11-18(19)21(20)24-22/h5-12,14-15,23-24H,13,22H2,1-4H3/b21-20-. The number of hydrazine groups is 1. The van der Waals surface area contributed by atoms with E-state index in [2.05, 4.69) is 91.9 Å². The number of para-hydroxylation sites is 1. The third-order valence-corrected chi connectivity index (χ3v) is 4.56. The highest BCUT2D eigenvalue weighted by Gasteiger charge is 2.24. The fraction of sp³-hybridized carbons (Fsp3) is 0.333. The zero-order valence-electron chi connectivity index (χ0n) is 15.5. The van der Waals surface area contributed by atoms with Crippen molar-refractivity contribution in [2.75, 3.05) is 4.90 Å². The maximum absolute atomic E-state index is 6.02. The lowest BCUT2D eigenvalue weighted by molar-refractivity contribution is 0.675. The molecule has 4 N–H and O–H groups in total. The van der Waals surface area contributed by atoms with Crippen LogP contribution in [0.5, 0.6) is 0 Å². The molecule has 25 heavy (non-hydrogen) atoms. The summed E-state index contributed by atoms with van der Waals surface area (Å²) in [5.41, 5.74) is 9.78. The molecule has 0 radical (unpaired) electrons. The molecule has 4 nitrogen and oxygen atoms in total. The molecule has 0 fully saturated rings. The summed E-state index contributed by atoms with van der Waals surface area (Å²) < 4.78 is 0. The summed E-state index contributed by atoms with van der Waals surface area (Å²) in [5.74, 6) is 6.02. The van der Waals surface area contributed by atoms with Gasteiger partial charge in [-0.25, -0.2) is 0 Å². The average Bonchev–Trinajstić information content (AvgIpc) is 2.58. The van der Waals surface area contributed by atoms with Crippen LogP contribution in [0.2, 0.25) is 0 Å². The normalized spacial score (nSPS) is 17.0. The number of hydrogen-bond donors (Lipinski definition) is 3. The summed E-state index contributed by atoms with van der Waals surface area (Å²) in [6.07, 6.45) is 0. The number of fused-ring (bicyclic) bond motifs is 2. The number of nitrogens with two attached hydrogens (primary N) is 1. The number of benzene rings is 2. The third-order valence-electron chi connectivity index (χ3n) is 4.56. The predicted octanol–water partition coefficient (Wildman–Crippen LogP) is 3.70. The molecule has 2 aromatic rings. The molecule has 1 aliphatic heterocycles. The molecule has 0 amide bonds. The minimum Gasteiger partial charge on any atom is -0.381 e. The smallest absolute Gasteiger partial charge is 0.0818 e. The zero-order chi connectivity index (χ0) is 18.0. The molecule has 0 aromatic heterocycles. The molecule has 0 aliphatic carbocycles. The number of nitrogens with zero attached hydrogens (tertiary/aromatic N) is 1. The Kier molecular flexibility index (Phi) is 5.00. The van der Waals surface area contributed by atoms with E-state index in [-0.39, 0.29) is 0 Å². The molecule has 3 rings (SSSR count). The maximum Gasteiger partial charge on any atom is 0.0818 e. The molecule has 2 aromatic carbocycles. The van der Waals surface area contributed by atoms with Gasteiger partial charge in [-0.2, -0.15) is 0 Å². The van der Waals surface area contributed by atoms with Gasteiger partial charge in [0, 0.05) is 35.4 Å². The van der Waals surface area contributed by atoms with Gasteiger partial charge in [-0.1, -0.05) is 42.5 Å². The van der Waals surface area contributed by atoms with Crippen LogP contribution in [-0.2, 0) is 6.54 Å². The highest BCUT2D eigenvalue weighted by Crippen LogP contribution is 2.36. The molecule has 1 heterocycles. The van der Waals surface area contributed by atoms with E-state index in [1.807, 2.05) is 0 Å². The summed E-state index contributed by atoms with van der Waals surface area (Å²) in [6, 6.07) is 17.7. The van der Waals surface area contributed by atoms with Crippen LogP contribution in [-0.4, -0.2) is 12.1 Å². The van der Waals surface area contributed by atoms with Crippen molar-refractivity contribution in [2.45, 2.75) is 46.3 Å². The van der Waals surface area contributed by atoms with E-state index in [0.29, 0.717) is 12.1 Å². The van der Waals surface area contributed by atoms with E-state index >= 15 is 0 Å². The van der Waals surface area contributed by atoms with E-state index in [1.165, 1.54) is 16.8 Å². The van der Waals surface area contributed by atoms with Gasteiger partial charge in [0.15, 0.2) is 0 Å². The van der Waals surface area contributed by atoms with Gasteiger partial charge < -0.3 is 15.6 Å². The third kappa shape index (κ3) is 3.35. The summed E-state index contributed by atoms with van der Waals surface area (Å²) in [4.78, 5) is 2.43. The van der Waals surface area contributed by atoms with Crippen molar-refractivity contribution >= 4 is 17.1 Å². The number of anilines is 1. The van der Waals surface area contributed by atoms with Crippen LogP contribution in [0.3, 0.4) is 0 Å². The van der Waals surface area contributed by atoms with Crippen molar-refractivity contribution in [3.8, 4) is 0 Å². The summed E-state index contributed by atoms with van der Waals surface area (Å²) in [6.45, 7) is 9.62. The minimum absolute atomic E-state index is 0.305. The van der Waals surface area contributed by atoms with Crippen molar-refractivity contribution in [2.24, 2.45) is 5.84 Å². The molecule has 0 bridgehead atoms. The largest absolute Gasteiger partial charge is 0.381 e. The molecule has 0 atom stereocenters. The Balaban J connectivity index is 2.34. The van der Waals surface area contributed by atoms with Gasteiger partial charge in [-0.3, -0.25) is 5.84 Å². The maximum atomic E-state index is 6.02. The summed E-state index contributed by atoms with van der Waals surface area (Å²) in [5, 5.41) is 3.61. The van der Waals surface area contributed by atoms with Gasteiger partial charge in [0.25, 0.3) is 0 Å². The van der Waals surface area contributed by atoms with Gasteiger partial charge in [0.1, 0.15) is 0 Å². The highest BCUT2D eigenvalue weighted by atomic mass is 15.2. The number of nitrogens with one attached hydrogen (secondary N) is 2. The van der Waals surface area contributed by atoms with Gasteiger partial charge in [0.05, 0.1) is 11.4 Å². The first-order chi connectivity index (χ1) is 12.0.